The quantitative estimate of drug-likeness (QED) is 0.0617. The zero-order valence-electron chi connectivity index (χ0n) is 30.6. The van der Waals surface area contributed by atoms with Gasteiger partial charge in [0.25, 0.3) is 10.1 Å². The van der Waals surface area contributed by atoms with Crippen LogP contribution in [0.1, 0.15) is 46.8 Å². The fourth-order valence-electron chi connectivity index (χ4n) is 6.04. The lowest BCUT2D eigenvalue weighted by Crippen LogP contribution is -2.46. The van der Waals surface area contributed by atoms with Crippen molar-refractivity contribution in [1.29, 1.82) is 0 Å². The fourth-order valence-corrected chi connectivity index (χ4v) is 7.24. The summed E-state index contributed by atoms with van der Waals surface area (Å²) < 4.78 is 59.9. The van der Waals surface area contributed by atoms with E-state index in [0.717, 1.165) is 28.2 Å². The SMILES string of the molecule is COc1ccccc1COCCCOc1ccc(C2CCN(C(=O)O)CC2OCCOc2nc(C)nc(Cl)c2CCOS(=O)(=O)c2ccc(C)cc2)cc1. The molecule has 1 amide bonds. The van der Waals surface area contributed by atoms with Gasteiger partial charge in [0, 0.05) is 30.9 Å². The number of rotatable bonds is 19. The number of halogens is 1. The molecule has 0 aliphatic carbocycles. The molecule has 15 heteroatoms. The largest absolute Gasteiger partial charge is 0.496 e. The smallest absolute Gasteiger partial charge is 0.407 e. The minimum Gasteiger partial charge on any atom is -0.496 e. The van der Waals surface area contributed by atoms with Crippen LogP contribution in [0.2, 0.25) is 5.15 Å². The first-order valence-corrected chi connectivity index (χ1v) is 19.5. The number of methoxy groups -OCH3 is 1. The fraction of sp³-hybridized carbons (Fsp3) is 0.410. The molecule has 290 valence electrons. The predicted octanol–water partition coefficient (Wildman–Crippen LogP) is 6.62. The summed E-state index contributed by atoms with van der Waals surface area (Å²) in [5, 5.41) is 9.84. The number of para-hydroxylation sites is 1. The van der Waals surface area contributed by atoms with Crippen LogP contribution in [0.3, 0.4) is 0 Å². The van der Waals surface area contributed by atoms with Crippen molar-refractivity contribution < 1.29 is 46.2 Å². The molecule has 2 unspecified atom stereocenters. The van der Waals surface area contributed by atoms with Gasteiger partial charge in [0.2, 0.25) is 5.88 Å². The Labute approximate surface area is 321 Å². The number of carbonyl (C=O) groups is 1. The van der Waals surface area contributed by atoms with Gasteiger partial charge < -0.3 is 33.7 Å². The molecule has 54 heavy (non-hydrogen) atoms. The van der Waals surface area contributed by atoms with Crippen LogP contribution >= 0.6 is 11.6 Å². The van der Waals surface area contributed by atoms with Crippen molar-refractivity contribution in [3.8, 4) is 17.4 Å². The number of amides is 1. The highest BCUT2D eigenvalue weighted by Gasteiger charge is 2.33. The van der Waals surface area contributed by atoms with Gasteiger partial charge in [0.1, 0.15) is 29.1 Å². The standard InChI is InChI=1S/C39H46ClN3O10S/c1-27-9-15-32(16-10-27)54(46,47)53-22-18-34-37(40)41-28(2)42-38(34)52-24-23-51-36-25-43(39(44)45)19-17-33(36)29-11-13-31(14-12-29)50-21-6-20-49-26-30-7-4-5-8-35(30)48-3/h4-5,7-16,33,36H,6,17-26H2,1-3H3,(H,44,45). The molecule has 0 spiro atoms. The second-order valence-electron chi connectivity index (χ2n) is 12.7. The summed E-state index contributed by atoms with van der Waals surface area (Å²) in [7, 11) is -2.34. The second-order valence-corrected chi connectivity index (χ2v) is 14.7. The summed E-state index contributed by atoms with van der Waals surface area (Å²) in [4.78, 5) is 21.8. The molecule has 1 saturated heterocycles. The Morgan fingerprint density at radius 1 is 0.926 bits per heavy atom. The van der Waals surface area contributed by atoms with Gasteiger partial charge in [0.05, 0.1) is 63.3 Å². The molecule has 1 aliphatic rings. The lowest BCUT2D eigenvalue weighted by Gasteiger charge is -2.37. The molecule has 0 saturated carbocycles. The molecule has 3 aromatic carbocycles. The van der Waals surface area contributed by atoms with E-state index in [2.05, 4.69) is 9.97 Å². The lowest BCUT2D eigenvalue weighted by atomic mass is 9.87. The van der Waals surface area contributed by atoms with Gasteiger partial charge in [-0.1, -0.05) is 59.6 Å². The highest BCUT2D eigenvalue weighted by molar-refractivity contribution is 7.86. The zero-order valence-corrected chi connectivity index (χ0v) is 32.2. The predicted molar refractivity (Wildman–Crippen MR) is 201 cm³/mol. The van der Waals surface area contributed by atoms with Crippen molar-refractivity contribution in [3.05, 3.63) is 106 Å². The van der Waals surface area contributed by atoms with Crippen LogP contribution in [-0.4, -0.2) is 93.8 Å². The number of carboxylic acid groups (broad SMARTS) is 1. The molecule has 1 aromatic heterocycles. The van der Waals surface area contributed by atoms with E-state index in [4.69, 9.17) is 39.5 Å². The van der Waals surface area contributed by atoms with Gasteiger partial charge in [-0.05, 0) is 56.2 Å². The van der Waals surface area contributed by atoms with Crippen LogP contribution in [0.15, 0.2) is 77.7 Å². The van der Waals surface area contributed by atoms with Crippen molar-refractivity contribution >= 4 is 27.8 Å². The van der Waals surface area contributed by atoms with Crippen LogP contribution in [0.5, 0.6) is 17.4 Å². The maximum Gasteiger partial charge on any atom is 0.407 e. The van der Waals surface area contributed by atoms with E-state index < -0.39 is 22.3 Å². The van der Waals surface area contributed by atoms with Crippen LogP contribution in [0, 0.1) is 13.8 Å². The van der Waals surface area contributed by atoms with Gasteiger partial charge in [-0.25, -0.2) is 9.78 Å². The average Bonchev–Trinajstić information content (AvgIpc) is 3.16. The first-order chi connectivity index (χ1) is 26.0. The van der Waals surface area contributed by atoms with Gasteiger partial charge in [-0.15, -0.1) is 0 Å². The first kappa shape index (κ1) is 40.7. The summed E-state index contributed by atoms with van der Waals surface area (Å²) in [5.74, 6) is 2.04. The molecular formula is C39H46ClN3O10S. The molecule has 0 bridgehead atoms. The van der Waals surface area contributed by atoms with Crippen LogP contribution in [0.25, 0.3) is 0 Å². The number of hydrogen-bond acceptors (Lipinski definition) is 11. The van der Waals surface area contributed by atoms with E-state index >= 15 is 0 Å². The highest BCUT2D eigenvalue weighted by atomic mass is 35.5. The number of nitrogens with zero attached hydrogens (tertiary/aromatic N) is 3. The third-order valence-electron chi connectivity index (χ3n) is 8.87. The average molecular weight is 784 g/mol. The minimum absolute atomic E-state index is 0.0538. The van der Waals surface area contributed by atoms with Crippen molar-refractivity contribution in [2.75, 3.05) is 53.2 Å². The summed E-state index contributed by atoms with van der Waals surface area (Å²) in [5.41, 5.74) is 3.33. The molecule has 0 radical (unpaired) electrons. The normalized spacial score (nSPS) is 15.9. The zero-order chi connectivity index (χ0) is 38.5. The number of aryl methyl sites for hydroxylation is 2. The van der Waals surface area contributed by atoms with E-state index in [-0.39, 0.29) is 54.6 Å². The third kappa shape index (κ3) is 11.5. The van der Waals surface area contributed by atoms with Gasteiger partial charge in [-0.3, -0.25) is 4.18 Å². The Balaban J connectivity index is 1.11. The van der Waals surface area contributed by atoms with E-state index in [0.29, 0.717) is 50.6 Å². The molecule has 1 fully saturated rings. The molecule has 2 atom stereocenters. The number of likely N-dealkylation sites (tertiary alicyclic amines) is 1. The Morgan fingerprint density at radius 3 is 2.43 bits per heavy atom. The van der Waals surface area contributed by atoms with Crippen molar-refractivity contribution in [2.24, 2.45) is 0 Å². The van der Waals surface area contributed by atoms with Gasteiger partial charge in [-0.2, -0.15) is 13.4 Å². The number of hydrogen-bond donors (Lipinski definition) is 1. The van der Waals surface area contributed by atoms with Crippen molar-refractivity contribution in [2.45, 2.75) is 56.6 Å². The minimum atomic E-state index is -3.98. The van der Waals surface area contributed by atoms with E-state index in [1.54, 1.807) is 26.2 Å². The van der Waals surface area contributed by atoms with Crippen LogP contribution in [0.4, 0.5) is 4.79 Å². The summed E-state index contributed by atoms with van der Waals surface area (Å²) in [6.45, 7) is 5.61. The lowest BCUT2D eigenvalue weighted by molar-refractivity contribution is -0.0211. The van der Waals surface area contributed by atoms with Gasteiger partial charge >= 0.3 is 6.09 Å². The molecular weight excluding hydrogens is 738 g/mol. The third-order valence-corrected chi connectivity index (χ3v) is 10.5. The molecule has 13 nitrogen and oxygen atoms in total. The molecule has 2 heterocycles. The molecule has 5 rings (SSSR count). The van der Waals surface area contributed by atoms with E-state index in [1.165, 1.54) is 17.0 Å². The number of piperidine rings is 1. The molecule has 1 aliphatic heterocycles. The Kier molecular flexibility index (Phi) is 14.9. The Bertz CT molecular complexity index is 1930. The molecule has 1 N–H and O–H groups in total. The Hall–Kier alpha value is -4.47. The van der Waals surface area contributed by atoms with E-state index in [1.807, 2.05) is 55.5 Å². The maximum absolute atomic E-state index is 12.7. The van der Waals surface area contributed by atoms with Crippen LogP contribution < -0.4 is 14.2 Å². The highest BCUT2D eigenvalue weighted by Crippen LogP contribution is 2.32. The van der Waals surface area contributed by atoms with E-state index in [9.17, 15) is 18.3 Å². The maximum atomic E-state index is 12.7. The monoisotopic (exact) mass is 783 g/mol. The topological polar surface area (TPSA) is 156 Å². The number of benzene rings is 3. The second kappa shape index (κ2) is 19.7. The summed E-state index contributed by atoms with van der Waals surface area (Å²) in [6.07, 6.45) is -0.0554. The van der Waals surface area contributed by atoms with Gasteiger partial charge in [0.15, 0.2) is 0 Å². The van der Waals surface area contributed by atoms with Crippen LogP contribution in [-0.2, 0) is 36.8 Å². The summed E-state index contributed by atoms with van der Waals surface area (Å²) >= 11 is 6.43. The number of ether oxygens (including phenoxy) is 5. The first-order valence-electron chi connectivity index (χ1n) is 17.7. The van der Waals surface area contributed by atoms with Crippen molar-refractivity contribution in [1.82, 2.24) is 14.9 Å². The summed E-state index contributed by atoms with van der Waals surface area (Å²) in [6, 6.07) is 21.9. The Morgan fingerprint density at radius 2 is 1.69 bits per heavy atom. The van der Waals surface area contributed by atoms with Crippen molar-refractivity contribution in [3.63, 3.8) is 0 Å². The number of aromatic nitrogens is 2. The molecule has 4 aromatic rings.